The third-order valence-corrected chi connectivity index (χ3v) is 6.87. The first kappa shape index (κ1) is 16.0. The van der Waals surface area contributed by atoms with Crippen molar-refractivity contribution in [2.24, 2.45) is 0 Å². The zero-order valence-electron chi connectivity index (χ0n) is 12.6. The van der Waals surface area contributed by atoms with Gasteiger partial charge in [0.05, 0.1) is 16.3 Å². The third-order valence-electron chi connectivity index (χ3n) is 3.71. The van der Waals surface area contributed by atoms with Crippen LogP contribution in [0.4, 0.5) is 4.39 Å². The minimum atomic E-state index is -3.93. The summed E-state index contributed by atoms with van der Waals surface area (Å²) in [6.45, 7) is 1.75. The lowest BCUT2D eigenvalue weighted by Gasteiger charge is -2.22. The summed E-state index contributed by atoms with van der Waals surface area (Å²) in [5, 5.41) is 0.675. The number of rotatable bonds is 4. The van der Waals surface area contributed by atoms with E-state index < -0.39 is 21.9 Å². The molecule has 2 aromatic carbocycles. The van der Waals surface area contributed by atoms with E-state index in [1.807, 2.05) is 24.3 Å². The summed E-state index contributed by atoms with van der Waals surface area (Å²) >= 11 is 1.44. The van der Waals surface area contributed by atoms with E-state index in [0.29, 0.717) is 5.01 Å². The van der Waals surface area contributed by atoms with E-state index in [9.17, 15) is 12.8 Å². The molecule has 3 aromatic rings. The lowest BCUT2D eigenvalue weighted by molar-refractivity contribution is 0.394. The molecule has 0 saturated carbocycles. The number of thiazole rings is 1. The lowest BCUT2D eigenvalue weighted by atomic mass is 10.3. The van der Waals surface area contributed by atoms with Crippen molar-refractivity contribution in [2.45, 2.75) is 17.9 Å². The SMILES string of the molecule is C[C@@H](c1nc2ccccc2s1)N(C)S(=O)(=O)c1ccccc1F. The average Bonchev–Trinajstić information content (AvgIpc) is 2.97. The van der Waals surface area contributed by atoms with Gasteiger partial charge in [0.15, 0.2) is 0 Å². The van der Waals surface area contributed by atoms with Crippen LogP contribution in [0.25, 0.3) is 10.2 Å². The van der Waals surface area contributed by atoms with Gasteiger partial charge < -0.3 is 0 Å². The van der Waals surface area contributed by atoms with Crippen LogP contribution < -0.4 is 0 Å². The summed E-state index contributed by atoms with van der Waals surface area (Å²) in [6, 6.07) is 12.5. The van der Waals surface area contributed by atoms with Crippen molar-refractivity contribution in [3.8, 4) is 0 Å². The topological polar surface area (TPSA) is 50.3 Å². The maximum atomic E-state index is 13.9. The highest BCUT2D eigenvalue weighted by Gasteiger charge is 2.30. The minimum Gasteiger partial charge on any atom is -0.239 e. The predicted molar refractivity (Wildman–Crippen MR) is 89.4 cm³/mol. The van der Waals surface area contributed by atoms with Crippen LogP contribution in [-0.2, 0) is 10.0 Å². The van der Waals surface area contributed by atoms with Gasteiger partial charge >= 0.3 is 0 Å². The third kappa shape index (κ3) is 2.87. The maximum Gasteiger partial charge on any atom is 0.246 e. The van der Waals surface area contributed by atoms with Crippen molar-refractivity contribution in [1.82, 2.24) is 9.29 Å². The van der Waals surface area contributed by atoms with Crippen LogP contribution in [0.15, 0.2) is 53.4 Å². The summed E-state index contributed by atoms with van der Waals surface area (Å²) < 4.78 is 41.3. The number of hydrogen-bond donors (Lipinski definition) is 0. The summed E-state index contributed by atoms with van der Waals surface area (Å²) in [6.07, 6.45) is 0. The Bertz CT molecular complexity index is 920. The first-order chi connectivity index (χ1) is 10.9. The van der Waals surface area contributed by atoms with E-state index >= 15 is 0 Å². The molecule has 23 heavy (non-hydrogen) atoms. The molecule has 0 aliphatic rings. The van der Waals surface area contributed by atoms with E-state index in [0.717, 1.165) is 20.6 Å². The van der Waals surface area contributed by atoms with Crippen molar-refractivity contribution in [3.63, 3.8) is 0 Å². The van der Waals surface area contributed by atoms with E-state index in [1.54, 1.807) is 6.92 Å². The summed E-state index contributed by atoms with van der Waals surface area (Å²) in [7, 11) is -2.49. The molecule has 0 aliphatic heterocycles. The van der Waals surface area contributed by atoms with Gasteiger partial charge in [-0.2, -0.15) is 4.31 Å². The second-order valence-electron chi connectivity index (χ2n) is 5.15. The highest BCUT2D eigenvalue weighted by Crippen LogP contribution is 2.32. The number of benzene rings is 2. The Labute approximate surface area is 138 Å². The zero-order chi connectivity index (χ0) is 16.6. The smallest absolute Gasteiger partial charge is 0.239 e. The number of sulfonamides is 1. The van der Waals surface area contributed by atoms with Crippen molar-refractivity contribution in [1.29, 1.82) is 0 Å². The zero-order valence-corrected chi connectivity index (χ0v) is 14.2. The molecule has 3 rings (SSSR count). The number of halogens is 1. The molecule has 1 aromatic heterocycles. The molecule has 7 heteroatoms. The van der Waals surface area contributed by atoms with Crippen molar-refractivity contribution in [3.05, 3.63) is 59.4 Å². The molecule has 120 valence electrons. The van der Waals surface area contributed by atoms with Gasteiger partial charge in [0.25, 0.3) is 0 Å². The summed E-state index contributed by atoms with van der Waals surface area (Å²) in [4.78, 5) is 4.16. The van der Waals surface area contributed by atoms with Gasteiger partial charge in [0, 0.05) is 7.05 Å². The average molecular weight is 350 g/mol. The highest BCUT2D eigenvalue weighted by molar-refractivity contribution is 7.89. The molecule has 0 N–H and O–H groups in total. The monoisotopic (exact) mass is 350 g/mol. The Morgan fingerprint density at radius 2 is 1.78 bits per heavy atom. The Morgan fingerprint density at radius 1 is 1.13 bits per heavy atom. The molecule has 4 nitrogen and oxygen atoms in total. The largest absolute Gasteiger partial charge is 0.246 e. The van der Waals surface area contributed by atoms with Crippen LogP contribution in [0.5, 0.6) is 0 Å². The highest BCUT2D eigenvalue weighted by atomic mass is 32.2. The van der Waals surface area contributed by atoms with Crippen LogP contribution in [0, 0.1) is 5.82 Å². The van der Waals surface area contributed by atoms with Gasteiger partial charge in [-0.05, 0) is 31.2 Å². The summed E-state index contributed by atoms with van der Waals surface area (Å²) in [5.74, 6) is -0.754. The summed E-state index contributed by atoms with van der Waals surface area (Å²) in [5.41, 5.74) is 0.830. The fourth-order valence-corrected chi connectivity index (χ4v) is 4.76. The first-order valence-electron chi connectivity index (χ1n) is 6.99. The Morgan fingerprint density at radius 3 is 2.48 bits per heavy atom. The van der Waals surface area contributed by atoms with Crippen molar-refractivity contribution in [2.75, 3.05) is 7.05 Å². The fraction of sp³-hybridized carbons (Fsp3) is 0.188. The molecular weight excluding hydrogens is 335 g/mol. The first-order valence-corrected chi connectivity index (χ1v) is 9.25. The predicted octanol–water partition coefficient (Wildman–Crippen LogP) is 3.82. The van der Waals surface area contributed by atoms with Crippen molar-refractivity contribution < 1.29 is 12.8 Å². The quantitative estimate of drug-likeness (QED) is 0.719. The Balaban J connectivity index is 1.98. The molecule has 0 bridgehead atoms. The van der Waals surface area contributed by atoms with Crippen LogP contribution in [0.3, 0.4) is 0 Å². The second kappa shape index (κ2) is 5.99. The van der Waals surface area contributed by atoms with E-state index in [2.05, 4.69) is 4.98 Å². The van der Waals surface area contributed by atoms with E-state index in [1.165, 1.54) is 36.6 Å². The van der Waals surface area contributed by atoms with Gasteiger partial charge in [-0.25, -0.2) is 17.8 Å². The van der Waals surface area contributed by atoms with Gasteiger partial charge in [-0.15, -0.1) is 11.3 Å². The molecule has 0 fully saturated rings. The van der Waals surface area contributed by atoms with Crippen LogP contribution in [-0.4, -0.2) is 24.8 Å². The molecular formula is C16H15FN2O2S2. The Kier molecular flexibility index (Phi) is 4.18. The molecule has 0 aliphatic carbocycles. The molecule has 1 atom stereocenters. The molecule has 0 unspecified atom stereocenters. The number of fused-ring (bicyclic) bond motifs is 1. The van der Waals surface area contributed by atoms with Gasteiger partial charge in [-0.3, -0.25) is 0 Å². The number of para-hydroxylation sites is 1. The Hall–Kier alpha value is -1.83. The van der Waals surface area contributed by atoms with Crippen LogP contribution in [0.1, 0.15) is 18.0 Å². The minimum absolute atomic E-state index is 0.324. The molecule has 1 heterocycles. The van der Waals surface area contributed by atoms with E-state index in [-0.39, 0.29) is 4.90 Å². The number of nitrogens with zero attached hydrogens (tertiary/aromatic N) is 2. The van der Waals surface area contributed by atoms with Crippen LogP contribution in [0.2, 0.25) is 0 Å². The molecule has 0 saturated heterocycles. The lowest BCUT2D eigenvalue weighted by Crippen LogP contribution is -2.30. The van der Waals surface area contributed by atoms with Crippen molar-refractivity contribution >= 4 is 31.6 Å². The number of aromatic nitrogens is 1. The maximum absolute atomic E-state index is 13.9. The molecule has 0 spiro atoms. The molecule has 0 radical (unpaired) electrons. The standard InChI is InChI=1S/C16H15FN2O2S2/c1-11(16-18-13-8-4-5-9-14(13)22-16)19(2)23(20,21)15-10-6-3-7-12(15)17/h3-11H,1-2H3/t11-/m0/s1. The van der Waals surface area contributed by atoms with Gasteiger partial charge in [-0.1, -0.05) is 24.3 Å². The van der Waals surface area contributed by atoms with Crippen LogP contribution >= 0.6 is 11.3 Å². The van der Waals surface area contributed by atoms with E-state index in [4.69, 9.17) is 0 Å². The number of hydrogen-bond acceptors (Lipinski definition) is 4. The van der Waals surface area contributed by atoms with Gasteiger partial charge in [0.1, 0.15) is 15.7 Å². The molecule has 0 amide bonds. The fourth-order valence-electron chi connectivity index (χ4n) is 2.24. The normalized spacial score (nSPS) is 13.6. The van der Waals surface area contributed by atoms with Gasteiger partial charge in [0.2, 0.25) is 10.0 Å². The second-order valence-corrected chi connectivity index (χ2v) is 8.18.